The van der Waals surface area contributed by atoms with Gasteiger partial charge in [-0.15, -0.1) is 0 Å². The van der Waals surface area contributed by atoms with Crippen molar-refractivity contribution in [1.29, 1.82) is 0 Å². The molecule has 3 aromatic rings. The van der Waals surface area contributed by atoms with E-state index in [1.807, 2.05) is 19.0 Å². The molecule has 0 fully saturated rings. The molecule has 3 aromatic heterocycles. The second-order valence-corrected chi connectivity index (χ2v) is 5.11. The van der Waals surface area contributed by atoms with Crippen molar-refractivity contribution >= 4 is 11.7 Å². The van der Waals surface area contributed by atoms with Gasteiger partial charge in [0.1, 0.15) is 18.5 Å². The van der Waals surface area contributed by atoms with Crippen LogP contribution in [0.15, 0.2) is 41.6 Å². The summed E-state index contributed by atoms with van der Waals surface area (Å²) < 4.78 is 6.68. The molecule has 0 aliphatic heterocycles. The third-order valence-electron chi connectivity index (χ3n) is 2.94. The minimum absolute atomic E-state index is 0.212. The van der Waals surface area contributed by atoms with E-state index in [0.717, 1.165) is 5.69 Å². The highest BCUT2D eigenvalue weighted by atomic mass is 16.5. The van der Waals surface area contributed by atoms with Gasteiger partial charge in [-0.2, -0.15) is 5.10 Å². The van der Waals surface area contributed by atoms with Gasteiger partial charge in [-0.1, -0.05) is 5.16 Å². The fourth-order valence-corrected chi connectivity index (χ4v) is 1.92. The van der Waals surface area contributed by atoms with Gasteiger partial charge >= 0.3 is 0 Å². The Morgan fingerprint density at radius 2 is 2.26 bits per heavy atom. The molecule has 118 valence electrons. The first-order valence-corrected chi connectivity index (χ1v) is 6.84. The van der Waals surface area contributed by atoms with Crippen molar-refractivity contribution in [2.24, 2.45) is 0 Å². The largest absolute Gasteiger partial charge is 0.359 e. The molecule has 3 rings (SSSR count). The van der Waals surface area contributed by atoms with Crippen molar-refractivity contribution < 1.29 is 9.32 Å². The molecule has 1 amide bonds. The van der Waals surface area contributed by atoms with E-state index in [-0.39, 0.29) is 11.6 Å². The summed E-state index contributed by atoms with van der Waals surface area (Å²) in [6.07, 6.45) is 4.59. The molecule has 3 heterocycles. The molecule has 9 heteroatoms. The number of hydrogen-bond donors (Lipinski definition) is 1. The minimum Gasteiger partial charge on any atom is -0.359 e. The summed E-state index contributed by atoms with van der Waals surface area (Å²) in [6.45, 7) is 0.575. The van der Waals surface area contributed by atoms with Crippen molar-refractivity contribution in [3.8, 4) is 5.69 Å². The molecule has 0 spiro atoms. The number of amides is 1. The maximum atomic E-state index is 12.1. The van der Waals surface area contributed by atoms with E-state index in [1.54, 1.807) is 35.4 Å². The highest BCUT2D eigenvalue weighted by Gasteiger charge is 2.13. The standard InChI is InChI=1S/C14H15N7O2/c1-20(2)7-11-5-12(19-23-11)14(22)18-13-4-3-10(6-16-13)21-9-15-8-17-21/h3-6,8-9H,7H2,1-2H3,(H,16,18,22). The second-order valence-electron chi connectivity index (χ2n) is 5.11. The zero-order chi connectivity index (χ0) is 16.2. The molecule has 0 saturated heterocycles. The van der Waals surface area contributed by atoms with Crippen molar-refractivity contribution in [2.45, 2.75) is 6.54 Å². The number of pyridine rings is 1. The van der Waals surface area contributed by atoms with Gasteiger partial charge in [-0.3, -0.25) is 4.79 Å². The maximum Gasteiger partial charge on any atom is 0.279 e. The molecule has 23 heavy (non-hydrogen) atoms. The number of carbonyl (C=O) groups excluding carboxylic acids is 1. The highest BCUT2D eigenvalue weighted by molar-refractivity contribution is 6.02. The van der Waals surface area contributed by atoms with Crippen LogP contribution >= 0.6 is 0 Å². The van der Waals surface area contributed by atoms with Gasteiger partial charge in [-0.05, 0) is 26.2 Å². The van der Waals surface area contributed by atoms with Crippen LogP contribution in [0.4, 0.5) is 5.82 Å². The van der Waals surface area contributed by atoms with Crippen LogP contribution in [0.3, 0.4) is 0 Å². The van der Waals surface area contributed by atoms with Crippen LogP contribution < -0.4 is 5.32 Å². The van der Waals surface area contributed by atoms with Gasteiger partial charge in [0.2, 0.25) is 0 Å². The molecule has 0 atom stereocenters. The smallest absolute Gasteiger partial charge is 0.279 e. The average molecular weight is 313 g/mol. The molecule has 0 saturated carbocycles. The Morgan fingerprint density at radius 3 is 2.91 bits per heavy atom. The topological polar surface area (TPSA) is 102 Å². The van der Waals surface area contributed by atoms with Crippen LogP contribution in [0.5, 0.6) is 0 Å². The van der Waals surface area contributed by atoms with Crippen molar-refractivity contribution in [3.05, 3.63) is 48.5 Å². The van der Waals surface area contributed by atoms with Crippen molar-refractivity contribution in [2.75, 3.05) is 19.4 Å². The van der Waals surface area contributed by atoms with Gasteiger partial charge in [0.15, 0.2) is 11.5 Å². The summed E-state index contributed by atoms with van der Waals surface area (Å²) in [7, 11) is 3.81. The number of hydrogen-bond acceptors (Lipinski definition) is 7. The van der Waals surface area contributed by atoms with Crippen LogP contribution in [0.25, 0.3) is 5.69 Å². The summed E-state index contributed by atoms with van der Waals surface area (Å²) >= 11 is 0. The summed E-state index contributed by atoms with van der Waals surface area (Å²) in [5.74, 6) is 0.658. The van der Waals surface area contributed by atoms with Gasteiger partial charge in [0.05, 0.1) is 18.4 Å². The lowest BCUT2D eigenvalue weighted by molar-refractivity contribution is 0.101. The van der Waals surface area contributed by atoms with Crippen LogP contribution in [0, 0.1) is 0 Å². The Bertz CT molecular complexity index is 778. The predicted octanol–water partition coefficient (Wildman–Crippen LogP) is 0.964. The van der Waals surface area contributed by atoms with Crippen LogP contribution in [-0.4, -0.2) is 49.8 Å². The summed E-state index contributed by atoms with van der Waals surface area (Å²) in [6, 6.07) is 5.06. The van der Waals surface area contributed by atoms with E-state index in [2.05, 4.69) is 25.5 Å². The lowest BCUT2D eigenvalue weighted by Crippen LogP contribution is -2.13. The molecule has 9 nitrogen and oxygen atoms in total. The minimum atomic E-state index is -0.375. The lowest BCUT2D eigenvalue weighted by atomic mass is 10.3. The van der Waals surface area contributed by atoms with Gasteiger partial charge in [0, 0.05) is 6.07 Å². The third-order valence-corrected chi connectivity index (χ3v) is 2.94. The number of aromatic nitrogens is 5. The monoisotopic (exact) mass is 313 g/mol. The first-order chi connectivity index (χ1) is 11.1. The Kier molecular flexibility index (Phi) is 4.11. The van der Waals surface area contributed by atoms with Crippen LogP contribution in [0.2, 0.25) is 0 Å². The number of rotatable bonds is 5. The fraction of sp³-hybridized carbons (Fsp3) is 0.214. The van der Waals surface area contributed by atoms with Gasteiger partial charge in [0.25, 0.3) is 5.91 Å². The average Bonchev–Trinajstić information content (AvgIpc) is 3.19. The van der Waals surface area contributed by atoms with Gasteiger partial charge < -0.3 is 14.7 Å². The van der Waals surface area contributed by atoms with E-state index in [1.165, 1.54) is 6.33 Å². The first-order valence-electron chi connectivity index (χ1n) is 6.84. The van der Waals surface area contributed by atoms with E-state index >= 15 is 0 Å². The number of nitrogens with one attached hydrogen (secondary N) is 1. The number of anilines is 1. The predicted molar refractivity (Wildman–Crippen MR) is 81.0 cm³/mol. The summed E-state index contributed by atoms with van der Waals surface area (Å²) in [4.78, 5) is 22.1. The Morgan fingerprint density at radius 1 is 1.39 bits per heavy atom. The quantitative estimate of drug-likeness (QED) is 0.748. The summed E-state index contributed by atoms with van der Waals surface area (Å²) in [5.41, 5.74) is 0.958. The number of nitrogens with zero attached hydrogens (tertiary/aromatic N) is 6. The van der Waals surface area contributed by atoms with E-state index in [0.29, 0.717) is 18.1 Å². The first kappa shape index (κ1) is 14.9. The lowest BCUT2D eigenvalue weighted by Gasteiger charge is -2.04. The zero-order valence-corrected chi connectivity index (χ0v) is 12.7. The van der Waals surface area contributed by atoms with Gasteiger partial charge in [-0.25, -0.2) is 14.6 Å². The molecule has 0 aromatic carbocycles. The molecular formula is C14H15N7O2. The Hall–Kier alpha value is -3.07. The third kappa shape index (κ3) is 3.58. The van der Waals surface area contributed by atoms with Crippen LogP contribution in [0.1, 0.15) is 16.2 Å². The fourth-order valence-electron chi connectivity index (χ4n) is 1.92. The van der Waals surface area contributed by atoms with Crippen molar-refractivity contribution in [1.82, 2.24) is 29.8 Å². The molecular weight excluding hydrogens is 298 g/mol. The zero-order valence-electron chi connectivity index (χ0n) is 12.7. The SMILES string of the molecule is CN(C)Cc1cc(C(=O)Nc2ccc(-n3cncn3)cn2)no1. The Labute approximate surface area is 131 Å². The normalized spacial score (nSPS) is 10.9. The Balaban J connectivity index is 1.67. The van der Waals surface area contributed by atoms with E-state index in [4.69, 9.17) is 4.52 Å². The highest BCUT2D eigenvalue weighted by Crippen LogP contribution is 2.11. The molecule has 0 aliphatic carbocycles. The second kappa shape index (κ2) is 6.36. The van der Waals surface area contributed by atoms with E-state index in [9.17, 15) is 4.79 Å². The molecule has 0 unspecified atom stereocenters. The molecule has 0 radical (unpaired) electrons. The summed E-state index contributed by atoms with van der Waals surface area (Å²) in [5, 5.41) is 10.4. The van der Waals surface area contributed by atoms with Crippen LogP contribution in [-0.2, 0) is 6.54 Å². The molecule has 0 bridgehead atoms. The molecule has 0 aliphatic rings. The molecule has 1 N–H and O–H groups in total. The maximum absolute atomic E-state index is 12.1. The number of carbonyl (C=O) groups is 1. The van der Waals surface area contributed by atoms with E-state index < -0.39 is 0 Å². The van der Waals surface area contributed by atoms with Crippen molar-refractivity contribution in [3.63, 3.8) is 0 Å².